The summed E-state index contributed by atoms with van der Waals surface area (Å²) in [5.74, 6) is 0.716. The number of methoxy groups -OCH3 is 1. The van der Waals surface area contributed by atoms with E-state index in [2.05, 4.69) is 36.7 Å². The van der Waals surface area contributed by atoms with Crippen LogP contribution in [0.2, 0.25) is 0 Å². The van der Waals surface area contributed by atoms with Gasteiger partial charge in [-0.1, -0.05) is 61.0 Å². The van der Waals surface area contributed by atoms with Crippen molar-refractivity contribution in [1.29, 1.82) is 0 Å². The van der Waals surface area contributed by atoms with Gasteiger partial charge in [0.05, 0.1) is 7.11 Å². The van der Waals surface area contributed by atoms with Crippen molar-refractivity contribution in [3.63, 3.8) is 0 Å². The van der Waals surface area contributed by atoms with Gasteiger partial charge < -0.3 is 4.74 Å². The highest BCUT2D eigenvalue weighted by Crippen LogP contribution is 2.25. The molecule has 2 aromatic rings. The maximum Gasteiger partial charge on any atom is 0.185 e. The normalized spacial score (nSPS) is 11.7. The van der Waals surface area contributed by atoms with Crippen molar-refractivity contribution in [3.8, 4) is 5.75 Å². The summed E-state index contributed by atoms with van der Waals surface area (Å²) >= 11 is 3.43. The summed E-state index contributed by atoms with van der Waals surface area (Å²) in [5, 5.41) is 0. The Hall–Kier alpha value is -1.87. The Morgan fingerprint density at radius 1 is 1.09 bits per heavy atom. The molecule has 0 aliphatic rings. The van der Waals surface area contributed by atoms with E-state index in [0.29, 0.717) is 5.56 Å². The summed E-state index contributed by atoms with van der Waals surface area (Å²) in [5.41, 5.74) is 2.85. The molecule has 23 heavy (non-hydrogen) atoms. The third kappa shape index (κ3) is 4.55. The molecule has 3 heteroatoms. The minimum atomic E-state index is -0.0208. The van der Waals surface area contributed by atoms with Crippen molar-refractivity contribution in [2.75, 3.05) is 7.11 Å². The number of carbonyl (C=O) groups is 1. The van der Waals surface area contributed by atoms with Gasteiger partial charge in [-0.25, -0.2) is 0 Å². The highest BCUT2D eigenvalue weighted by Gasteiger charge is 2.13. The van der Waals surface area contributed by atoms with Gasteiger partial charge in [-0.2, -0.15) is 0 Å². The van der Waals surface area contributed by atoms with Crippen LogP contribution in [0.1, 0.15) is 42.3 Å². The summed E-state index contributed by atoms with van der Waals surface area (Å²) in [4.78, 5) is 12.3. The van der Waals surface area contributed by atoms with Crippen molar-refractivity contribution in [1.82, 2.24) is 0 Å². The van der Waals surface area contributed by atoms with Crippen LogP contribution in [0.5, 0.6) is 5.75 Å². The first-order valence-corrected chi connectivity index (χ1v) is 8.27. The monoisotopic (exact) mass is 372 g/mol. The number of allylic oxidation sites excluding steroid dienone is 1. The average Bonchev–Trinajstić information content (AvgIpc) is 2.52. The summed E-state index contributed by atoms with van der Waals surface area (Å²) < 4.78 is 6.25. The fourth-order valence-corrected chi connectivity index (χ4v) is 2.61. The van der Waals surface area contributed by atoms with Crippen molar-refractivity contribution < 1.29 is 9.53 Å². The number of ether oxygens (including phenoxy) is 1. The minimum absolute atomic E-state index is 0.0208. The van der Waals surface area contributed by atoms with E-state index >= 15 is 0 Å². The van der Waals surface area contributed by atoms with Crippen LogP contribution in [-0.4, -0.2) is 12.9 Å². The van der Waals surface area contributed by atoms with Crippen LogP contribution in [0.15, 0.2) is 53.0 Å². The Balaban J connectivity index is 2.20. The number of halogens is 1. The third-order valence-corrected chi connectivity index (χ3v) is 4.13. The molecular formula is C20H21BrO2. The van der Waals surface area contributed by atoms with Crippen LogP contribution < -0.4 is 4.74 Å². The molecule has 0 saturated carbocycles. The molecule has 0 N–H and O–H groups in total. The van der Waals surface area contributed by atoms with E-state index in [0.717, 1.165) is 15.8 Å². The van der Waals surface area contributed by atoms with Crippen LogP contribution in [0, 0.1) is 0 Å². The highest BCUT2D eigenvalue weighted by atomic mass is 79.9. The zero-order valence-electron chi connectivity index (χ0n) is 13.9. The first-order chi connectivity index (χ1) is 10.8. The van der Waals surface area contributed by atoms with Gasteiger partial charge in [0.15, 0.2) is 5.78 Å². The fourth-order valence-electron chi connectivity index (χ4n) is 2.23. The van der Waals surface area contributed by atoms with E-state index < -0.39 is 0 Å². The van der Waals surface area contributed by atoms with Gasteiger partial charge in [0.25, 0.3) is 0 Å². The Morgan fingerprint density at radius 2 is 1.74 bits per heavy atom. The molecule has 0 saturated heterocycles. The second kappa shape index (κ2) is 7.14. The SMILES string of the molecule is COc1ccc(Br)cc1C=CC(=O)c1ccc(C(C)(C)C)cc1. The van der Waals surface area contributed by atoms with Crippen molar-refractivity contribution in [2.24, 2.45) is 0 Å². The number of rotatable bonds is 4. The number of ketones is 1. The number of hydrogen-bond acceptors (Lipinski definition) is 2. The largest absolute Gasteiger partial charge is 0.496 e. The number of hydrogen-bond donors (Lipinski definition) is 0. The summed E-state index contributed by atoms with van der Waals surface area (Å²) in [6.07, 6.45) is 3.36. The molecule has 2 nitrogen and oxygen atoms in total. The average molecular weight is 373 g/mol. The lowest BCUT2D eigenvalue weighted by Gasteiger charge is -2.18. The quantitative estimate of drug-likeness (QED) is 0.511. The Labute approximate surface area is 146 Å². The molecular weight excluding hydrogens is 352 g/mol. The van der Waals surface area contributed by atoms with E-state index in [1.165, 1.54) is 5.56 Å². The molecule has 0 heterocycles. The number of carbonyl (C=O) groups excluding carboxylic acids is 1. The van der Waals surface area contributed by atoms with E-state index in [1.807, 2.05) is 42.5 Å². The Bertz CT molecular complexity index is 722. The lowest BCUT2D eigenvalue weighted by Crippen LogP contribution is -2.11. The lowest BCUT2D eigenvalue weighted by atomic mass is 9.86. The minimum Gasteiger partial charge on any atom is -0.496 e. The summed E-state index contributed by atoms with van der Waals surface area (Å²) in [6, 6.07) is 13.5. The predicted octanol–water partition coefficient (Wildman–Crippen LogP) is 5.65. The molecule has 0 aromatic heterocycles. The molecule has 0 radical (unpaired) electrons. The molecule has 0 amide bonds. The first kappa shape index (κ1) is 17.5. The van der Waals surface area contributed by atoms with Gasteiger partial charge in [0, 0.05) is 15.6 Å². The molecule has 0 spiro atoms. The standard InChI is InChI=1S/C20H21BrO2/c1-20(2,3)16-8-5-14(6-9-16)18(22)11-7-15-13-17(21)10-12-19(15)23-4/h5-13H,1-4H3. The molecule has 0 atom stereocenters. The van der Waals surface area contributed by atoms with Gasteiger partial charge in [0.2, 0.25) is 0 Å². The fraction of sp³-hybridized carbons (Fsp3) is 0.250. The van der Waals surface area contributed by atoms with E-state index in [9.17, 15) is 4.79 Å². The molecule has 0 unspecified atom stereocenters. The third-order valence-electron chi connectivity index (χ3n) is 3.64. The predicted molar refractivity (Wildman–Crippen MR) is 99.2 cm³/mol. The van der Waals surface area contributed by atoms with Crippen molar-refractivity contribution in [3.05, 3.63) is 69.7 Å². The van der Waals surface area contributed by atoms with Gasteiger partial charge in [-0.15, -0.1) is 0 Å². The maximum atomic E-state index is 12.3. The molecule has 2 rings (SSSR count). The zero-order chi connectivity index (χ0) is 17.0. The molecule has 2 aromatic carbocycles. The van der Waals surface area contributed by atoms with E-state index in [-0.39, 0.29) is 11.2 Å². The van der Waals surface area contributed by atoms with Crippen molar-refractivity contribution in [2.45, 2.75) is 26.2 Å². The first-order valence-electron chi connectivity index (χ1n) is 7.48. The summed E-state index contributed by atoms with van der Waals surface area (Å²) in [7, 11) is 1.62. The van der Waals surface area contributed by atoms with Gasteiger partial charge in [0.1, 0.15) is 5.75 Å². The van der Waals surface area contributed by atoms with Crippen LogP contribution >= 0.6 is 15.9 Å². The van der Waals surface area contributed by atoms with Crippen LogP contribution in [-0.2, 0) is 5.41 Å². The van der Waals surface area contributed by atoms with Gasteiger partial charge in [-0.05, 0) is 41.3 Å². The van der Waals surface area contributed by atoms with E-state index in [1.54, 1.807) is 19.3 Å². The molecule has 0 aliphatic heterocycles. The van der Waals surface area contributed by atoms with Crippen LogP contribution in [0.3, 0.4) is 0 Å². The molecule has 120 valence electrons. The highest BCUT2D eigenvalue weighted by molar-refractivity contribution is 9.10. The molecule has 0 aliphatic carbocycles. The summed E-state index contributed by atoms with van der Waals surface area (Å²) in [6.45, 7) is 6.47. The second-order valence-electron chi connectivity index (χ2n) is 6.41. The van der Waals surface area contributed by atoms with Gasteiger partial charge >= 0.3 is 0 Å². The van der Waals surface area contributed by atoms with Gasteiger partial charge in [-0.3, -0.25) is 4.79 Å². The molecule has 0 bridgehead atoms. The van der Waals surface area contributed by atoms with Crippen LogP contribution in [0.25, 0.3) is 6.08 Å². The smallest absolute Gasteiger partial charge is 0.185 e. The Kier molecular flexibility index (Phi) is 5.42. The lowest BCUT2D eigenvalue weighted by molar-refractivity contribution is 0.104. The Morgan fingerprint density at radius 3 is 2.30 bits per heavy atom. The maximum absolute atomic E-state index is 12.3. The van der Waals surface area contributed by atoms with E-state index in [4.69, 9.17) is 4.74 Å². The number of benzene rings is 2. The molecule has 0 fully saturated rings. The zero-order valence-corrected chi connectivity index (χ0v) is 15.5. The van der Waals surface area contributed by atoms with Crippen molar-refractivity contribution >= 4 is 27.8 Å². The van der Waals surface area contributed by atoms with Crippen LogP contribution in [0.4, 0.5) is 0 Å². The second-order valence-corrected chi connectivity index (χ2v) is 7.33. The topological polar surface area (TPSA) is 26.3 Å².